The van der Waals surface area contributed by atoms with Crippen molar-refractivity contribution >= 4 is 0 Å². The zero-order chi connectivity index (χ0) is 13.1. The fraction of sp³-hybridized carbons (Fsp3) is 0.467. The molecule has 100 valence electrons. The van der Waals surface area contributed by atoms with Crippen molar-refractivity contribution in [1.82, 2.24) is 9.78 Å². The number of aryl methyl sites for hydroxylation is 1. The Hall–Kier alpha value is -1.84. The van der Waals surface area contributed by atoms with Gasteiger partial charge in [0.15, 0.2) is 0 Å². The molecule has 0 radical (unpaired) electrons. The fourth-order valence-corrected chi connectivity index (χ4v) is 2.53. The van der Waals surface area contributed by atoms with Crippen molar-refractivity contribution in [3.8, 4) is 11.5 Å². The molecule has 4 nitrogen and oxygen atoms in total. The Balaban J connectivity index is 1.91. The standard InChI is InChI=1S/C15H19N3O/c1-18-15(16-13-10-6-3-7-11-13)19-14(17-18)12-8-4-2-5-9-12/h2,4-5,8-9,13H,3,6-7,10-11H2,1H3. The molecule has 1 heterocycles. The molecule has 0 spiro atoms. The third kappa shape index (κ3) is 2.78. The lowest BCUT2D eigenvalue weighted by molar-refractivity contribution is 0.400. The summed E-state index contributed by atoms with van der Waals surface area (Å²) in [7, 11) is 1.89. The van der Waals surface area contributed by atoms with Gasteiger partial charge in [0.05, 0.1) is 6.04 Å². The summed E-state index contributed by atoms with van der Waals surface area (Å²) >= 11 is 0. The minimum atomic E-state index is 0.400. The molecule has 0 N–H and O–H groups in total. The molecule has 3 rings (SSSR count). The first-order chi connectivity index (χ1) is 9.33. The number of aromatic nitrogens is 2. The van der Waals surface area contributed by atoms with E-state index in [0.717, 1.165) is 5.56 Å². The Morgan fingerprint density at radius 1 is 1.16 bits per heavy atom. The Bertz CT molecular complexity index is 591. The maximum atomic E-state index is 5.79. The molecule has 2 aromatic rings. The third-order valence-electron chi connectivity index (χ3n) is 3.59. The van der Waals surface area contributed by atoms with Crippen molar-refractivity contribution in [3.63, 3.8) is 0 Å². The predicted molar refractivity (Wildman–Crippen MR) is 73.3 cm³/mol. The highest BCUT2D eigenvalue weighted by Gasteiger charge is 2.13. The fourth-order valence-electron chi connectivity index (χ4n) is 2.53. The summed E-state index contributed by atoms with van der Waals surface area (Å²) in [6, 6.07) is 10.3. The molecule has 0 aliphatic heterocycles. The van der Waals surface area contributed by atoms with Gasteiger partial charge in [0, 0.05) is 12.6 Å². The van der Waals surface area contributed by atoms with E-state index < -0.39 is 0 Å². The van der Waals surface area contributed by atoms with Gasteiger partial charge in [-0.2, -0.15) is 0 Å². The van der Waals surface area contributed by atoms with Gasteiger partial charge in [-0.3, -0.25) is 0 Å². The predicted octanol–water partition coefficient (Wildman–Crippen LogP) is 2.91. The molecule has 1 fully saturated rings. The van der Waals surface area contributed by atoms with Gasteiger partial charge in [0.2, 0.25) is 5.89 Å². The Kier molecular flexibility index (Phi) is 3.49. The number of nitrogens with zero attached hydrogens (tertiary/aromatic N) is 3. The molecule has 1 aromatic heterocycles. The summed E-state index contributed by atoms with van der Waals surface area (Å²) in [5.74, 6) is 0.637. The lowest BCUT2D eigenvalue weighted by Gasteiger charge is -2.16. The van der Waals surface area contributed by atoms with E-state index in [1.807, 2.05) is 37.4 Å². The average Bonchev–Trinajstić information content (AvgIpc) is 2.82. The number of hydrogen-bond donors (Lipinski definition) is 0. The van der Waals surface area contributed by atoms with Gasteiger partial charge >= 0.3 is 5.68 Å². The van der Waals surface area contributed by atoms with Crippen molar-refractivity contribution in [1.29, 1.82) is 0 Å². The summed E-state index contributed by atoms with van der Waals surface area (Å²) in [6.45, 7) is 0. The molecule has 1 aliphatic rings. The van der Waals surface area contributed by atoms with Crippen molar-refractivity contribution in [3.05, 3.63) is 36.0 Å². The quantitative estimate of drug-likeness (QED) is 0.830. The lowest BCUT2D eigenvalue weighted by Crippen LogP contribution is -2.20. The molecule has 0 atom stereocenters. The minimum Gasteiger partial charge on any atom is -0.403 e. The van der Waals surface area contributed by atoms with Crippen LogP contribution < -0.4 is 5.68 Å². The summed E-state index contributed by atoms with van der Waals surface area (Å²) < 4.78 is 7.52. The van der Waals surface area contributed by atoms with E-state index in [-0.39, 0.29) is 0 Å². The van der Waals surface area contributed by atoms with Crippen LogP contribution in [0.3, 0.4) is 0 Å². The Labute approximate surface area is 112 Å². The first-order valence-corrected chi connectivity index (χ1v) is 6.96. The molecule has 0 bridgehead atoms. The largest absolute Gasteiger partial charge is 0.403 e. The maximum Gasteiger partial charge on any atom is 0.315 e. The van der Waals surface area contributed by atoms with Crippen LogP contribution in [0.15, 0.2) is 39.7 Å². The van der Waals surface area contributed by atoms with Gasteiger partial charge in [0.25, 0.3) is 0 Å². The highest BCUT2D eigenvalue weighted by atomic mass is 16.4. The van der Waals surface area contributed by atoms with Gasteiger partial charge in [-0.25, -0.2) is 9.67 Å². The normalized spacial score (nSPS) is 17.8. The van der Waals surface area contributed by atoms with Crippen molar-refractivity contribution in [2.75, 3.05) is 0 Å². The molecule has 0 unspecified atom stereocenters. The molecule has 0 amide bonds. The van der Waals surface area contributed by atoms with Crippen LogP contribution in [-0.2, 0) is 7.05 Å². The topological polar surface area (TPSA) is 43.3 Å². The van der Waals surface area contributed by atoms with Crippen molar-refractivity contribution in [2.24, 2.45) is 12.0 Å². The van der Waals surface area contributed by atoms with Crippen molar-refractivity contribution in [2.45, 2.75) is 38.1 Å². The molecule has 19 heavy (non-hydrogen) atoms. The number of hydrogen-bond acceptors (Lipinski definition) is 3. The second kappa shape index (κ2) is 5.43. The second-order valence-corrected chi connectivity index (χ2v) is 5.10. The summed E-state index contributed by atoms with van der Waals surface area (Å²) in [5, 5.41) is 4.40. The van der Waals surface area contributed by atoms with Crippen LogP contribution in [0.25, 0.3) is 11.5 Å². The first-order valence-electron chi connectivity index (χ1n) is 6.96. The monoisotopic (exact) mass is 257 g/mol. The highest BCUT2D eigenvalue weighted by Crippen LogP contribution is 2.20. The van der Waals surface area contributed by atoms with Crippen LogP contribution in [0, 0.1) is 0 Å². The second-order valence-electron chi connectivity index (χ2n) is 5.10. The van der Waals surface area contributed by atoms with Gasteiger partial charge < -0.3 is 4.42 Å². The van der Waals surface area contributed by atoms with Gasteiger partial charge in [0.1, 0.15) is 0 Å². The highest BCUT2D eigenvalue weighted by molar-refractivity contribution is 5.51. The zero-order valence-corrected chi connectivity index (χ0v) is 11.2. The van der Waals surface area contributed by atoms with E-state index in [0.29, 0.717) is 17.6 Å². The smallest absolute Gasteiger partial charge is 0.315 e. The summed E-state index contributed by atoms with van der Waals surface area (Å²) in [5.41, 5.74) is 1.62. The average molecular weight is 257 g/mol. The Morgan fingerprint density at radius 2 is 1.89 bits per heavy atom. The van der Waals surface area contributed by atoms with E-state index in [2.05, 4.69) is 5.10 Å². The summed E-state index contributed by atoms with van der Waals surface area (Å²) in [4.78, 5) is 4.70. The van der Waals surface area contributed by atoms with Crippen LogP contribution in [-0.4, -0.2) is 15.8 Å². The van der Waals surface area contributed by atoms with E-state index in [9.17, 15) is 0 Å². The molecular weight excluding hydrogens is 238 g/mol. The van der Waals surface area contributed by atoms with Gasteiger partial charge in [-0.1, -0.05) is 37.5 Å². The minimum absolute atomic E-state index is 0.400. The van der Waals surface area contributed by atoms with E-state index in [1.54, 1.807) is 4.68 Å². The molecule has 0 saturated heterocycles. The van der Waals surface area contributed by atoms with E-state index in [1.165, 1.54) is 32.1 Å². The van der Waals surface area contributed by atoms with Crippen molar-refractivity contribution < 1.29 is 4.42 Å². The Morgan fingerprint density at radius 3 is 2.63 bits per heavy atom. The lowest BCUT2D eigenvalue weighted by atomic mass is 9.96. The molecular formula is C15H19N3O. The van der Waals surface area contributed by atoms with Crippen LogP contribution >= 0.6 is 0 Å². The molecule has 1 aromatic carbocycles. The van der Waals surface area contributed by atoms with Crippen LogP contribution in [0.5, 0.6) is 0 Å². The zero-order valence-electron chi connectivity index (χ0n) is 11.2. The van der Waals surface area contributed by atoms with Gasteiger partial charge in [-0.05, 0) is 25.0 Å². The molecule has 1 saturated carbocycles. The third-order valence-corrected chi connectivity index (χ3v) is 3.59. The van der Waals surface area contributed by atoms with Crippen LogP contribution in [0.2, 0.25) is 0 Å². The van der Waals surface area contributed by atoms with Gasteiger partial charge in [-0.15, -0.1) is 5.10 Å². The molecule has 4 heteroatoms. The molecule has 1 aliphatic carbocycles. The summed E-state index contributed by atoms with van der Waals surface area (Å²) in [6.07, 6.45) is 6.22. The number of benzene rings is 1. The maximum absolute atomic E-state index is 5.79. The van der Waals surface area contributed by atoms with E-state index >= 15 is 0 Å². The number of rotatable bonds is 2. The first kappa shape index (κ1) is 12.2. The van der Waals surface area contributed by atoms with E-state index in [4.69, 9.17) is 9.41 Å². The SMILES string of the molecule is Cn1nc(-c2ccccc2)oc1=NC1CCCCC1. The van der Waals surface area contributed by atoms with Crippen LogP contribution in [0.1, 0.15) is 32.1 Å². The van der Waals surface area contributed by atoms with Crippen LogP contribution in [0.4, 0.5) is 0 Å².